The SMILES string of the molecule is CC(c1ccc(F)cc1)N(C)C(=O)c1ccccc1OC(F)F. The summed E-state index contributed by atoms with van der Waals surface area (Å²) >= 11 is 0. The number of carbonyl (C=O) groups is 1. The summed E-state index contributed by atoms with van der Waals surface area (Å²) in [7, 11) is 1.55. The first kappa shape index (κ1) is 16.9. The predicted molar refractivity (Wildman–Crippen MR) is 80.0 cm³/mol. The summed E-state index contributed by atoms with van der Waals surface area (Å²) in [6.45, 7) is -1.24. The van der Waals surface area contributed by atoms with Crippen molar-refractivity contribution in [1.82, 2.24) is 4.90 Å². The summed E-state index contributed by atoms with van der Waals surface area (Å²) in [5.74, 6) is -1.01. The number of rotatable bonds is 5. The number of carbonyl (C=O) groups excluding carboxylic acids is 1. The minimum Gasteiger partial charge on any atom is -0.434 e. The van der Waals surface area contributed by atoms with E-state index in [1.807, 2.05) is 0 Å². The highest BCUT2D eigenvalue weighted by molar-refractivity contribution is 5.97. The van der Waals surface area contributed by atoms with E-state index in [1.54, 1.807) is 32.2 Å². The number of hydrogen-bond donors (Lipinski definition) is 0. The number of para-hydroxylation sites is 1. The Balaban J connectivity index is 2.24. The smallest absolute Gasteiger partial charge is 0.387 e. The van der Waals surface area contributed by atoms with Gasteiger partial charge in [-0.1, -0.05) is 24.3 Å². The van der Waals surface area contributed by atoms with Crippen LogP contribution in [0.25, 0.3) is 0 Å². The third-order valence-corrected chi connectivity index (χ3v) is 3.59. The van der Waals surface area contributed by atoms with Crippen molar-refractivity contribution in [1.29, 1.82) is 0 Å². The maximum Gasteiger partial charge on any atom is 0.387 e. The molecule has 1 atom stereocenters. The highest BCUT2D eigenvalue weighted by Gasteiger charge is 2.22. The largest absolute Gasteiger partial charge is 0.434 e. The van der Waals surface area contributed by atoms with Gasteiger partial charge in [-0.05, 0) is 36.8 Å². The summed E-state index contributed by atoms with van der Waals surface area (Å²) in [6, 6.07) is 11.2. The normalized spacial score (nSPS) is 12.1. The average molecular weight is 323 g/mol. The topological polar surface area (TPSA) is 29.5 Å². The van der Waals surface area contributed by atoms with Crippen LogP contribution in [0.4, 0.5) is 13.2 Å². The molecule has 0 heterocycles. The van der Waals surface area contributed by atoms with Gasteiger partial charge in [0.2, 0.25) is 0 Å². The van der Waals surface area contributed by atoms with Crippen LogP contribution in [0.1, 0.15) is 28.9 Å². The fourth-order valence-corrected chi connectivity index (χ4v) is 2.17. The molecule has 1 amide bonds. The summed E-state index contributed by atoms with van der Waals surface area (Å²) in [5.41, 5.74) is 0.777. The van der Waals surface area contributed by atoms with Crippen LogP contribution in [-0.4, -0.2) is 24.5 Å². The van der Waals surface area contributed by atoms with Crippen molar-refractivity contribution < 1.29 is 22.7 Å². The Morgan fingerprint density at radius 1 is 1.09 bits per heavy atom. The molecule has 2 aromatic rings. The summed E-state index contributed by atoms with van der Waals surface area (Å²) in [4.78, 5) is 13.9. The molecule has 0 bridgehead atoms. The molecule has 0 aliphatic rings. The minimum atomic E-state index is -3.01. The Morgan fingerprint density at radius 3 is 2.30 bits per heavy atom. The Morgan fingerprint density at radius 2 is 1.70 bits per heavy atom. The molecule has 23 heavy (non-hydrogen) atoms. The van der Waals surface area contributed by atoms with E-state index in [0.717, 1.165) is 5.56 Å². The van der Waals surface area contributed by atoms with Gasteiger partial charge in [0, 0.05) is 7.05 Å². The van der Waals surface area contributed by atoms with Gasteiger partial charge in [-0.3, -0.25) is 4.79 Å². The van der Waals surface area contributed by atoms with Crippen LogP contribution in [0, 0.1) is 5.82 Å². The van der Waals surface area contributed by atoms with Gasteiger partial charge in [-0.15, -0.1) is 0 Å². The van der Waals surface area contributed by atoms with Crippen molar-refractivity contribution in [3.05, 3.63) is 65.5 Å². The second-order valence-electron chi connectivity index (χ2n) is 5.02. The maximum atomic E-state index is 13.0. The third kappa shape index (κ3) is 4.03. The molecule has 1 unspecified atom stereocenters. The molecule has 2 rings (SSSR count). The lowest BCUT2D eigenvalue weighted by molar-refractivity contribution is -0.0502. The first-order chi connectivity index (χ1) is 10.9. The maximum absolute atomic E-state index is 13.0. The summed E-state index contributed by atoms with van der Waals surface area (Å²) in [5, 5.41) is 0. The van der Waals surface area contributed by atoms with Crippen LogP contribution in [-0.2, 0) is 0 Å². The molecule has 0 aliphatic heterocycles. The fourth-order valence-electron chi connectivity index (χ4n) is 2.17. The number of ether oxygens (including phenoxy) is 1. The Hall–Kier alpha value is -2.50. The fraction of sp³-hybridized carbons (Fsp3) is 0.235. The van der Waals surface area contributed by atoms with E-state index < -0.39 is 12.5 Å². The molecule has 0 saturated heterocycles. The van der Waals surface area contributed by atoms with E-state index in [1.165, 1.54) is 35.2 Å². The zero-order valence-corrected chi connectivity index (χ0v) is 12.7. The number of amides is 1. The van der Waals surface area contributed by atoms with Gasteiger partial charge < -0.3 is 9.64 Å². The lowest BCUT2D eigenvalue weighted by Crippen LogP contribution is -2.30. The van der Waals surface area contributed by atoms with Gasteiger partial charge in [0.15, 0.2) is 0 Å². The summed E-state index contributed by atoms with van der Waals surface area (Å²) < 4.78 is 42.3. The molecular formula is C17H16F3NO2. The van der Waals surface area contributed by atoms with Crippen molar-refractivity contribution in [2.75, 3.05) is 7.05 Å². The van der Waals surface area contributed by atoms with E-state index >= 15 is 0 Å². The number of halogens is 3. The average Bonchev–Trinajstić information content (AvgIpc) is 2.53. The molecular weight excluding hydrogens is 307 g/mol. The minimum absolute atomic E-state index is 0.0456. The van der Waals surface area contributed by atoms with Crippen molar-refractivity contribution in [3.63, 3.8) is 0 Å². The van der Waals surface area contributed by atoms with E-state index in [-0.39, 0.29) is 23.2 Å². The molecule has 122 valence electrons. The van der Waals surface area contributed by atoms with Crippen molar-refractivity contribution in [3.8, 4) is 5.75 Å². The van der Waals surface area contributed by atoms with Crippen LogP contribution in [0.2, 0.25) is 0 Å². The van der Waals surface area contributed by atoms with E-state index in [2.05, 4.69) is 4.74 Å². The van der Waals surface area contributed by atoms with Gasteiger partial charge >= 0.3 is 6.61 Å². The highest BCUT2D eigenvalue weighted by Crippen LogP contribution is 2.26. The van der Waals surface area contributed by atoms with Crippen LogP contribution in [0.3, 0.4) is 0 Å². The predicted octanol–water partition coefficient (Wildman–Crippen LogP) is 4.26. The highest BCUT2D eigenvalue weighted by atomic mass is 19.3. The van der Waals surface area contributed by atoms with Crippen molar-refractivity contribution in [2.24, 2.45) is 0 Å². The molecule has 2 aromatic carbocycles. The van der Waals surface area contributed by atoms with E-state index in [9.17, 15) is 18.0 Å². The number of nitrogens with zero attached hydrogens (tertiary/aromatic N) is 1. The van der Waals surface area contributed by atoms with Gasteiger partial charge in [-0.2, -0.15) is 8.78 Å². The zero-order valence-electron chi connectivity index (χ0n) is 12.7. The molecule has 0 spiro atoms. The summed E-state index contributed by atoms with van der Waals surface area (Å²) in [6.07, 6.45) is 0. The Bertz CT molecular complexity index is 674. The molecule has 0 N–H and O–H groups in total. The van der Waals surface area contributed by atoms with Crippen LogP contribution in [0.15, 0.2) is 48.5 Å². The molecule has 0 aromatic heterocycles. The first-order valence-corrected chi connectivity index (χ1v) is 6.96. The molecule has 3 nitrogen and oxygen atoms in total. The molecule has 0 radical (unpaired) electrons. The standard InChI is InChI=1S/C17H16F3NO2/c1-11(12-7-9-13(18)10-8-12)21(2)16(22)14-5-3-4-6-15(14)23-17(19)20/h3-11,17H,1-2H3. The quantitative estimate of drug-likeness (QED) is 0.823. The van der Waals surface area contributed by atoms with Gasteiger partial charge in [0.25, 0.3) is 5.91 Å². The van der Waals surface area contributed by atoms with Gasteiger partial charge in [-0.25, -0.2) is 4.39 Å². The second-order valence-corrected chi connectivity index (χ2v) is 5.02. The first-order valence-electron chi connectivity index (χ1n) is 6.96. The van der Waals surface area contributed by atoms with E-state index in [4.69, 9.17) is 0 Å². The molecule has 0 saturated carbocycles. The third-order valence-electron chi connectivity index (χ3n) is 3.59. The lowest BCUT2D eigenvalue weighted by atomic mass is 10.1. The number of alkyl halides is 2. The van der Waals surface area contributed by atoms with Gasteiger partial charge in [0.05, 0.1) is 11.6 Å². The lowest BCUT2D eigenvalue weighted by Gasteiger charge is -2.26. The van der Waals surface area contributed by atoms with Crippen LogP contribution in [0.5, 0.6) is 5.75 Å². The molecule has 6 heteroatoms. The Kier molecular flexibility index (Phi) is 5.26. The van der Waals surface area contributed by atoms with Crippen LogP contribution < -0.4 is 4.74 Å². The van der Waals surface area contributed by atoms with Crippen LogP contribution >= 0.6 is 0 Å². The molecule has 0 aliphatic carbocycles. The second kappa shape index (κ2) is 7.17. The van der Waals surface area contributed by atoms with E-state index in [0.29, 0.717) is 0 Å². The van der Waals surface area contributed by atoms with Crippen molar-refractivity contribution in [2.45, 2.75) is 19.6 Å². The zero-order chi connectivity index (χ0) is 17.0. The van der Waals surface area contributed by atoms with Crippen molar-refractivity contribution >= 4 is 5.91 Å². The molecule has 0 fully saturated rings. The van der Waals surface area contributed by atoms with Gasteiger partial charge in [0.1, 0.15) is 11.6 Å². The monoisotopic (exact) mass is 323 g/mol. The Labute approximate surface area is 132 Å². The number of hydrogen-bond acceptors (Lipinski definition) is 2. The number of benzene rings is 2.